The number of benzene rings is 3. The van der Waals surface area contributed by atoms with Gasteiger partial charge in [0.2, 0.25) is 0 Å². The van der Waals surface area contributed by atoms with Gasteiger partial charge in [0.25, 0.3) is 5.91 Å². The highest BCUT2D eigenvalue weighted by Gasteiger charge is 2.44. The molecular weight excluding hydrogens is 641 g/mol. The van der Waals surface area contributed by atoms with Crippen LogP contribution in [-0.2, 0) is 16.1 Å². The normalized spacial score (nSPS) is 17.0. The van der Waals surface area contributed by atoms with E-state index in [4.69, 9.17) is 4.99 Å². The molecule has 5 rings (SSSR count). The van der Waals surface area contributed by atoms with E-state index in [0.29, 0.717) is 54.1 Å². The number of rotatable bonds is 9. The summed E-state index contributed by atoms with van der Waals surface area (Å²) in [7, 11) is 1.74. The standard InChI is InChI=1S/C32H28F4N6O2S2/c1-3-38-23-12-10-21(18-37)16-24(23)39-31-42(19-20-8-5-4-6-9-20)28(43)27(46-31)29-40(2)25-13-11-22(17-26(25)45-29)41(15-7-14-33)30(44)32(34,35)36/h4-6,8-13,16-17,38H,3,7,14-15,19H2,1-2H3/b29-27-,39-31+. The third-order valence-corrected chi connectivity index (χ3v) is 9.50. The van der Waals surface area contributed by atoms with Gasteiger partial charge in [-0.3, -0.25) is 18.9 Å². The van der Waals surface area contributed by atoms with Gasteiger partial charge in [-0.05, 0) is 67.1 Å². The fraction of sp³-hybridized carbons (Fsp3) is 0.250. The summed E-state index contributed by atoms with van der Waals surface area (Å²) >= 11 is 2.35. The zero-order valence-corrected chi connectivity index (χ0v) is 26.4. The number of nitrogens with zero attached hydrogens (tertiary/aromatic N) is 5. The third kappa shape index (κ3) is 6.85. The number of halogens is 4. The van der Waals surface area contributed by atoms with E-state index in [-0.39, 0.29) is 24.6 Å². The smallest absolute Gasteiger partial charge is 0.384 e. The van der Waals surface area contributed by atoms with Crippen LogP contribution in [0.5, 0.6) is 0 Å². The van der Waals surface area contributed by atoms with Gasteiger partial charge in [0.1, 0.15) is 4.91 Å². The van der Waals surface area contributed by atoms with Crippen molar-refractivity contribution in [3.63, 3.8) is 0 Å². The zero-order valence-electron chi connectivity index (χ0n) is 24.8. The molecule has 1 N–H and O–H groups in total. The van der Waals surface area contributed by atoms with Crippen LogP contribution in [0, 0.1) is 11.3 Å². The molecule has 2 heterocycles. The predicted octanol–water partition coefficient (Wildman–Crippen LogP) is 7.42. The van der Waals surface area contributed by atoms with Crippen LogP contribution in [0.4, 0.5) is 40.3 Å². The van der Waals surface area contributed by atoms with Gasteiger partial charge in [0.05, 0.1) is 46.9 Å². The Morgan fingerprint density at radius 2 is 1.85 bits per heavy atom. The lowest BCUT2D eigenvalue weighted by Gasteiger charge is -2.24. The molecule has 0 atom stereocenters. The molecule has 0 spiro atoms. The fourth-order valence-electron chi connectivity index (χ4n) is 4.89. The monoisotopic (exact) mass is 668 g/mol. The number of thioether (sulfide) groups is 2. The van der Waals surface area contributed by atoms with Crippen molar-refractivity contribution < 1.29 is 27.2 Å². The number of fused-ring (bicyclic) bond motifs is 1. The minimum Gasteiger partial charge on any atom is -0.384 e. The highest BCUT2D eigenvalue weighted by Crippen LogP contribution is 2.51. The Labute approximate surface area is 271 Å². The summed E-state index contributed by atoms with van der Waals surface area (Å²) in [4.78, 5) is 35.9. The van der Waals surface area contributed by atoms with Gasteiger partial charge in [-0.15, -0.1) is 0 Å². The van der Waals surface area contributed by atoms with Gasteiger partial charge in [0, 0.05) is 30.7 Å². The van der Waals surface area contributed by atoms with Crippen LogP contribution in [0.1, 0.15) is 24.5 Å². The molecule has 0 unspecified atom stereocenters. The first-order valence-corrected chi connectivity index (χ1v) is 15.8. The number of carbonyl (C=O) groups excluding carboxylic acids is 2. The lowest BCUT2D eigenvalue weighted by Crippen LogP contribution is -2.42. The van der Waals surface area contributed by atoms with Crippen LogP contribution in [0.15, 0.2) is 86.6 Å². The number of amides is 2. The second-order valence-corrected chi connectivity index (χ2v) is 12.2. The maximum absolute atomic E-state index is 14.1. The number of nitrogens with one attached hydrogen (secondary N) is 1. The fourth-order valence-corrected chi connectivity index (χ4v) is 7.26. The van der Waals surface area contributed by atoms with Gasteiger partial charge >= 0.3 is 12.1 Å². The Morgan fingerprint density at radius 1 is 1.09 bits per heavy atom. The summed E-state index contributed by atoms with van der Waals surface area (Å²) in [6.07, 6.45) is -5.38. The van der Waals surface area contributed by atoms with E-state index in [1.54, 1.807) is 41.1 Å². The van der Waals surface area contributed by atoms with E-state index in [1.165, 1.54) is 23.9 Å². The molecular formula is C32H28F4N6O2S2. The molecule has 238 valence electrons. The minimum atomic E-state index is -5.13. The number of anilines is 3. The summed E-state index contributed by atoms with van der Waals surface area (Å²) < 4.78 is 53.0. The Kier molecular flexibility index (Phi) is 9.93. The highest BCUT2D eigenvalue weighted by atomic mass is 32.2. The third-order valence-electron chi connectivity index (χ3n) is 7.08. The Morgan fingerprint density at radius 3 is 2.52 bits per heavy atom. The van der Waals surface area contributed by atoms with E-state index in [0.717, 1.165) is 17.3 Å². The van der Waals surface area contributed by atoms with Crippen molar-refractivity contribution in [3.8, 4) is 6.07 Å². The largest absolute Gasteiger partial charge is 0.471 e. The average Bonchev–Trinajstić information content (AvgIpc) is 3.52. The van der Waals surface area contributed by atoms with Gasteiger partial charge in [0.15, 0.2) is 5.17 Å². The second-order valence-electron chi connectivity index (χ2n) is 10.2. The van der Waals surface area contributed by atoms with Crippen LogP contribution in [-0.4, -0.2) is 54.9 Å². The van der Waals surface area contributed by atoms with Gasteiger partial charge in [-0.2, -0.15) is 18.4 Å². The van der Waals surface area contributed by atoms with Crippen LogP contribution < -0.4 is 15.1 Å². The predicted molar refractivity (Wildman–Crippen MR) is 174 cm³/mol. The van der Waals surface area contributed by atoms with Crippen molar-refractivity contribution in [3.05, 3.63) is 87.8 Å². The molecule has 0 saturated carbocycles. The number of amidine groups is 1. The molecule has 46 heavy (non-hydrogen) atoms. The molecule has 8 nitrogen and oxygen atoms in total. The first-order chi connectivity index (χ1) is 22.0. The van der Waals surface area contributed by atoms with Crippen molar-refractivity contribution in [1.29, 1.82) is 5.26 Å². The molecule has 0 bridgehead atoms. The average molecular weight is 669 g/mol. The molecule has 1 saturated heterocycles. The van der Waals surface area contributed by atoms with Crippen LogP contribution in [0.25, 0.3) is 0 Å². The summed E-state index contributed by atoms with van der Waals surface area (Å²) in [5.74, 6) is -2.39. The Balaban J connectivity index is 1.54. The SMILES string of the molecule is CCNc1ccc(C#N)cc1/N=C1/S/C(=C2\Sc3cc(N(CCCF)C(=O)C(F)(F)F)ccc3N2C)C(=O)N1Cc1ccccc1. The summed E-state index contributed by atoms with van der Waals surface area (Å²) in [6, 6.07) is 21.0. The molecule has 14 heteroatoms. The molecule has 0 aliphatic carbocycles. The van der Waals surface area contributed by atoms with Crippen molar-refractivity contribution in [1.82, 2.24) is 4.90 Å². The molecule has 2 aliphatic heterocycles. The maximum Gasteiger partial charge on any atom is 0.471 e. The Bertz CT molecular complexity index is 1760. The second kappa shape index (κ2) is 13.9. The number of carbonyl (C=O) groups is 2. The van der Waals surface area contributed by atoms with Crippen LogP contribution in [0.3, 0.4) is 0 Å². The van der Waals surface area contributed by atoms with Gasteiger partial charge in [-0.25, -0.2) is 4.99 Å². The molecule has 0 radical (unpaired) electrons. The lowest BCUT2D eigenvalue weighted by molar-refractivity contribution is -0.170. The number of nitriles is 1. The molecule has 0 aromatic heterocycles. The highest BCUT2D eigenvalue weighted by molar-refractivity contribution is 8.19. The van der Waals surface area contributed by atoms with Crippen LogP contribution >= 0.6 is 23.5 Å². The molecule has 3 aromatic rings. The zero-order chi connectivity index (χ0) is 33.0. The molecule has 2 amide bonds. The number of aliphatic imine (C=N–C) groups is 1. The van der Waals surface area contributed by atoms with E-state index in [1.807, 2.05) is 37.3 Å². The van der Waals surface area contributed by atoms with Gasteiger partial charge in [-0.1, -0.05) is 42.1 Å². The molecule has 3 aromatic carbocycles. The summed E-state index contributed by atoms with van der Waals surface area (Å²) in [5, 5.41) is 13.7. The number of hydrogen-bond donors (Lipinski definition) is 1. The van der Waals surface area contributed by atoms with Crippen LogP contribution in [0.2, 0.25) is 0 Å². The van der Waals surface area contributed by atoms with Gasteiger partial charge < -0.3 is 15.1 Å². The topological polar surface area (TPSA) is 92.0 Å². The van der Waals surface area contributed by atoms with E-state index >= 15 is 0 Å². The first-order valence-electron chi connectivity index (χ1n) is 14.2. The Hall–Kier alpha value is -4.48. The molecule has 1 fully saturated rings. The lowest BCUT2D eigenvalue weighted by atomic mass is 10.2. The van der Waals surface area contributed by atoms with E-state index in [2.05, 4.69) is 11.4 Å². The minimum absolute atomic E-state index is 0.0200. The van der Waals surface area contributed by atoms with Crippen molar-refractivity contribution in [2.75, 3.05) is 41.9 Å². The number of hydrogen-bond acceptors (Lipinski definition) is 8. The first kappa shape index (κ1) is 32.9. The van der Waals surface area contributed by atoms with E-state index in [9.17, 15) is 32.4 Å². The maximum atomic E-state index is 14.1. The van der Waals surface area contributed by atoms with Crippen molar-refractivity contribution in [2.45, 2.75) is 31.0 Å². The number of alkyl halides is 4. The van der Waals surface area contributed by atoms with E-state index < -0.39 is 25.3 Å². The van der Waals surface area contributed by atoms with Crippen molar-refractivity contribution >= 4 is 63.3 Å². The molecule has 2 aliphatic rings. The van der Waals surface area contributed by atoms with Crippen molar-refractivity contribution in [2.24, 2.45) is 4.99 Å². The quantitative estimate of drug-likeness (QED) is 0.188. The summed E-state index contributed by atoms with van der Waals surface area (Å²) in [5.41, 5.74) is 3.07. The summed E-state index contributed by atoms with van der Waals surface area (Å²) in [6.45, 7) is 1.46.